The maximum Gasteiger partial charge on any atom is 0.238 e. The third-order valence-corrected chi connectivity index (χ3v) is 6.69. The van der Waals surface area contributed by atoms with E-state index >= 15 is 0 Å². The van der Waals surface area contributed by atoms with Crippen LogP contribution in [-0.2, 0) is 21.4 Å². The molecule has 0 bridgehead atoms. The van der Waals surface area contributed by atoms with Crippen LogP contribution in [0, 0.1) is 0 Å². The number of hydrogen-bond acceptors (Lipinski definition) is 5. The fourth-order valence-electron chi connectivity index (χ4n) is 3.88. The molecule has 2 aliphatic rings. The molecule has 0 unspecified atom stereocenters. The molecule has 0 radical (unpaired) electrons. The Kier molecular flexibility index (Phi) is 6.08. The van der Waals surface area contributed by atoms with E-state index in [-0.39, 0.29) is 10.8 Å². The summed E-state index contributed by atoms with van der Waals surface area (Å²) in [6, 6.07) is 17.2. The van der Waals surface area contributed by atoms with Gasteiger partial charge in [-0.05, 0) is 42.7 Å². The number of piperazine rings is 1. The molecule has 8 heteroatoms. The van der Waals surface area contributed by atoms with Gasteiger partial charge in [-0.25, -0.2) is 13.6 Å². The van der Waals surface area contributed by atoms with E-state index in [2.05, 4.69) is 21.9 Å². The molecule has 160 valence electrons. The molecular formula is C22H28N4O3S. The molecule has 30 heavy (non-hydrogen) atoms. The minimum Gasteiger partial charge on any atom is -0.369 e. The van der Waals surface area contributed by atoms with Gasteiger partial charge >= 0.3 is 0 Å². The molecule has 1 saturated carbocycles. The zero-order valence-electron chi connectivity index (χ0n) is 17.0. The fraction of sp³-hybridized carbons (Fsp3) is 0.409. The molecule has 2 N–H and O–H groups in total. The van der Waals surface area contributed by atoms with E-state index in [4.69, 9.17) is 5.14 Å². The summed E-state index contributed by atoms with van der Waals surface area (Å²) >= 11 is 0. The molecule has 0 atom stereocenters. The number of nitrogens with two attached hydrogens (primary N) is 1. The van der Waals surface area contributed by atoms with Crippen molar-refractivity contribution in [2.45, 2.75) is 30.3 Å². The Morgan fingerprint density at radius 1 is 0.967 bits per heavy atom. The first kappa shape index (κ1) is 20.8. The summed E-state index contributed by atoms with van der Waals surface area (Å²) in [4.78, 5) is 19.5. The first-order valence-corrected chi connectivity index (χ1v) is 11.9. The van der Waals surface area contributed by atoms with Crippen molar-refractivity contribution in [3.05, 3.63) is 60.2 Å². The molecule has 2 aromatic rings. The molecule has 0 spiro atoms. The summed E-state index contributed by atoms with van der Waals surface area (Å²) in [5.41, 5.74) is 2.14. The Morgan fingerprint density at radius 2 is 1.60 bits per heavy atom. The molecule has 1 aliphatic carbocycles. The standard InChI is InChI=1S/C22H28N4O3S/c23-30(28,29)21-10-8-19(9-11-21)25-14-12-24(13-15-25)17-22(27)26(20-6-7-20)16-18-4-2-1-3-5-18/h1-5,8-11,20H,6-7,12-17H2,(H2,23,28,29). The average molecular weight is 429 g/mol. The largest absolute Gasteiger partial charge is 0.369 e. The van der Waals surface area contributed by atoms with Crippen molar-refractivity contribution in [2.75, 3.05) is 37.6 Å². The van der Waals surface area contributed by atoms with Crippen molar-refractivity contribution in [3.8, 4) is 0 Å². The van der Waals surface area contributed by atoms with Crippen LogP contribution in [0.2, 0.25) is 0 Å². The van der Waals surface area contributed by atoms with E-state index in [0.29, 0.717) is 19.1 Å². The van der Waals surface area contributed by atoms with Crippen LogP contribution in [0.3, 0.4) is 0 Å². The zero-order chi connectivity index (χ0) is 21.1. The zero-order valence-corrected chi connectivity index (χ0v) is 17.8. The number of rotatable bonds is 7. The number of hydrogen-bond donors (Lipinski definition) is 1. The lowest BCUT2D eigenvalue weighted by molar-refractivity contribution is -0.133. The van der Waals surface area contributed by atoms with Gasteiger partial charge in [-0.2, -0.15) is 0 Å². The monoisotopic (exact) mass is 428 g/mol. The quantitative estimate of drug-likeness (QED) is 0.725. The number of primary sulfonamides is 1. The minimum absolute atomic E-state index is 0.120. The Balaban J connectivity index is 1.31. The number of carbonyl (C=O) groups excluding carboxylic acids is 1. The summed E-state index contributed by atoms with van der Waals surface area (Å²) in [6.07, 6.45) is 2.20. The Labute approximate surface area is 178 Å². The third-order valence-electron chi connectivity index (χ3n) is 5.77. The first-order valence-electron chi connectivity index (χ1n) is 10.3. The minimum atomic E-state index is -3.67. The van der Waals surface area contributed by atoms with Crippen LogP contribution in [0.15, 0.2) is 59.5 Å². The number of carbonyl (C=O) groups is 1. The second-order valence-corrected chi connectivity index (χ2v) is 9.60. The first-order chi connectivity index (χ1) is 14.4. The van der Waals surface area contributed by atoms with Gasteiger partial charge < -0.3 is 9.80 Å². The molecule has 7 nitrogen and oxygen atoms in total. The molecule has 2 fully saturated rings. The van der Waals surface area contributed by atoms with E-state index in [1.54, 1.807) is 12.1 Å². The van der Waals surface area contributed by atoms with Crippen LogP contribution in [0.4, 0.5) is 5.69 Å². The summed E-state index contributed by atoms with van der Waals surface area (Å²) in [5, 5.41) is 5.16. The van der Waals surface area contributed by atoms with Crippen LogP contribution >= 0.6 is 0 Å². The molecule has 1 aliphatic heterocycles. The Hall–Kier alpha value is -2.42. The van der Waals surface area contributed by atoms with Gasteiger partial charge in [0.2, 0.25) is 15.9 Å². The normalized spacial score (nSPS) is 17.7. The average Bonchev–Trinajstić information content (AvgIpc) is 3.58. The van der Waals surface area contributed by atoms with Crippen molar-refractivity contribution in [1.82, 2.24) is 9.80 Å². The van der Waals surface area contributed by atoms with E-state index in [9.17, 15) is 13.2 Å². The van der Waals surface area contributed by atoms with E-state index in [0.717, 1.165) is 44.7 Å². The van der Waals surface area contributed by atoms with Gasteiger partial charge in [0.15, 0.2) is 0 Å². The second kappa shape index (κ2) is 8.75. The topological polar surface area (TPSA) is 87.0 Å². The number of anilines is 1. The van der Waals surface area contributed by atoms with Crippen molar-refractivity contribution in [1.29, 1.82) is 0 Å². The van der Waals surface area contributed by atoms with Crippen LogP contribution in [0.25, 0.3) is 0 Å². The number of sulfonamides is 1. The van der Waals surface area contributed by atoms with Gasteiger partial charge in [0.25, 0.3) is 0 Å². The van der Waals surface area contributed by atoms with Crippen molar-refractivity contribution in [3.63, 3.8) is 0 Å². The maximum absolute atomic E-state index is 13.0. The highest BCUT2D eigenvalue weighted by Gasteiger charge is 2.33. The lowest BCUT2D eigenvalue weighted by atomic mass is 10.2. The molecule has 4 rings (SSSR count). The van der Waals surface area contributed by atoms with Crippen molar-refractivity contribution < 1.29 is 13.2 Å². The van der Waals surface area contributed by atoms with E-state index in [1.807, 2.05) is 23.1 Å². The van der Waals surface area contributed by atoms with Crippen LogP contribution in [0.1, 0.15) is 18.4 Å². The smallest absolute Gasteiger partial charge is 0.238 e. The van der Waals surface area contributed by atoms with Gasteiger partial charge in [0.05, 0.1) is 11.4 Å². The van der Waals surface area contributed by atoms with Crippen LogP contribution < -0.4 is 10.0 Å². The molecule has 1 heterocycles. The van der Waals surface area contributed by atoms with Gasteiger partial charge in [0, 0.05) is 44.5 Å². The highest BCUT2D eigenvalue weighted by Crippen LogP contribution is 2.28. The lowest BCUT2D eigenvalue weighted by Gasteiger charge is -2.36. The Morgan fingerprint density at radius 3 is 2.17 bits per heavy atom. The summed E-state index contributed by atoms with van der Waals surface area (Å²) < 4.78 is 22.8. The SMILES string of the molecule is NS(=O)(=O)c1ccc(N2CCN(CC(=O)N(Cc3ccccc3)C3CC3)CC2)cc1. The van der Waals surface area contributed by atoms with Gasteiger partial charge in [-0.3, -0.25) is 9.69 Å². The van der Waals surface area contributed by atoms with E-state index < -0.39 is 10.0 Å². The number of amides is 1. The van der Waals surface area contributed by atoms with Crippen molar-refractivity contribution in [2.24, 2.45) is 5.14 Å². The number of nitrogens with zero attached hydrogens (tertiary/aromatic N) is 3. The lowest BCUT2D eigenvalue weighted by Crippen LogP contribution is -2.50. The molecule has 1 saturated heterocycles. The van der Waals surface area contributed by atoms with Gasteiger partial charge in [-0.15, -0.1) is 0 Å². The maximum atomic E-state index is 13.0. The predicted molar refractivity (Wildman–Crippen MR) is 116 cm³/mol. The Bertz CT molecular complexity index is 967. The second-order valence-electron chi connectivity index (χ2n) is 8.04. The molecule has 0 aromatic heterocycles. The highest BCUT2D eigenvalue weighted by atomic mass is 32.2. The molecule has 2 aromatic carbocycles. The number of benzene rings is 2. The summed E-state index contributed by atoms with van der Waals surface area (Å²) in [6.45, 7) is 4.31. The van der Waals surface area contributed by atoms with Gasteiger partial charge in [0.1, 0.15) is 0 Å². The summed E-state index contributed by atoms with van der Waals surface area (Å²) in [5.74, 6) is 0.201. The van der Waals surface area contributed by atoms with Crippen LogP contribution in [-0.4, -0.2) is 62.9 Å². The third kappa shape index (κ3) is 5.19. The van der Waals surface area contributed by atoms with Crippen LogP contribution in [0.5, 0.6) is 0 Å². The fourth-order valence-corrected chi connectivity index (χ4v) is 4.40. The van der Waals surface area contributed by atoms with Crippen molar-refractivity contribution >= 4 is 21.6 Å². The van der Waals surface area contributed by atoms with E-state index in [1.165, 1.54) is 17.7 Å². The molecular weight excluding hydrogens is 400 g/mol. The highest BCUT2D eigenvalue weighted by molar-refractivity contribution is 7.89. The predicted octanol–water partition coefficient (Wildman–Crippen LogP) is 1.65. The summed E-state index contributed by atoms with van der Waals surface area (Å²) in [7, 11) is -3.67. The van der Waals surface area contributed by atoms with Gasteiger partial charge in [-0.1, -0.05) is 30.3 Å². The molecule has 1 amide bonds.